The van der Waals surface area contributed by atoms with Crippen LogP contribution in [0.15, 0.2) is 54.6 Å². The molecule has 0 radical (unpaired) electrons. The molecule has 1 saturated heterocycles. The summed E-state index contributed by atoms with van der Waals surface area (Å²) in [4.78, 5) is 25.3. The molecule has 0 aliphatic carbocycles. The van der Waals surface area contributed by atoms with Gasteiger partial charge in [-0.25, -0.2) is 0 Å². The summed E-state index contributed by atoms with van der Waals surface area (Å²) < 4.78 is 0. The highest BCUT2D eigenvalue weighted by atomic mass is 35.5. The molecule has 0 spiro atoms. The molecule has 2 heterocycles. The highest BCUT2D eigenvalue weighted by molar-refractivity contribution is 6.31. The van der Waals surface area contributed by atoms with Crippen LogP contribution in [0.25, 0.3) is 11.3 Å². The molecule has 1 amide bonds. The number of aromatic nitrogens is 2. The van der Waals surface area contributed by atoms with Crippen molar-refractivity contribution in [1.29, 1.82) is 0 Å². The number of anilines is 2. The van der Waals surface area contributed by atoms with Crippen molar-refractivity contribution < 1.29 is 9.72 Å². The van der Waals surface area contributed by atoms with Crippen LogP contribution in [0.3, 0.4) is 0 Å². The standard InChI is InChI=1S/C22H20ClN5O3/c23-16-6-10-20(28(30)31)18(14-16)22(29)24-17-7-4-15(5-8-17)19-9-11-21(26-25-19)27-12-2-1-3-13-27/h4-11,14H,1-3,12-13H2,(H,24,29). The van der Waals surface area contributed by atoms with Gasteiger partial charge in [-0.05, 0) is 55.7 Å². The van der Waals surface area contributed by atoms with Gasteiger partial charge in [-0.3, -0.25) is 14.9 Å². The Bertz CT molecular complexity index is 1100. The van der Waals surface area contributed by atoms with Crippen molar-refractivity contribution in [1.82, 2.24) is 10.2 Å². The first kappa shape index (κ1) is 20.7. The molecule has 3 aromatic rings. The number of nitrogens with one attached hydrogen (secondary N) is 1. The van der Waals surface area contributed by atoms with Crippen molar-refractivity contribution in [2.75, 3.05) is 23.3 Å². The largest absolute Gasteiger partial charge is 0.355 e. The number of amides is 1. The highest BCUT2D eigenvalue weighted by Crippen LogP contribution is 2.25. The van der Waals surface area contributed by atoms with E-state index in [0.717, 1.165) is 30.2 Å². The molecule has 8 nitrogen and oxygen atoms in total. The van der Waals surface area contributed by atoms with Crippen LogP contribution >= 0.6 is 11.6 Å². The summed E-state index contributed by atoms with van der Waals surface area (Å²) in [6.07, 6.45) is 3.61. The van der Waals surface area contributed by atoms with E-state index in [1.807, 2.05) is 24.3 Å². The van der Waals surface area contributed by atoms with Gasteiger partial charge < -0.3 is 10.2 Å². The Kier molecular flexibility index (Phi) is 6.08. The molecular formula is C22H20ClN5O3. The van der Waals surface area contributed by atoms with Crippen molar-refractivity contribution in [3.63, 3.8) is 0 Å². The first-order chi connectivity index (χ1) is 15.0. The molecule has 0 saturated carbocycles. The second-order valence-electron chi connectivity index (χ2n) is 7.27. The zero-order valence-electron chi connectivity index (χ0n) is 16.6. The number of hydrogen-bond acceptors (Lipinski definition) is 6. The summed E-state index contributed by atoms with van der Waals surface area (Å²) >= 11 is 5.90. The summed E-state index contributed by atoms with van der Waals surface area (Å²) in [6.45, 7) is 2.01. The average Bonchev–Trinajstić information content (AvgIpc) is 2.80. The molecule has 0 unspecified atom stereocenters. The maximum absolute atomic E-state index is 12.5. The number of halogens is 1. The van der Waals surface area contributed by atoms with Gasteiger partial charge in [-0.15, -0.1) is 10.2 Å². The van der Waals surface area contributed by atoms with Gasteiger partial charge in [0.05, 0.1) is 10.6 Å². The molecule has 1 aliphatic rings. The zero-order chi connectivity index (χ0) is 21.8. The Morgan fingerprint density at radius 1 is 1.00 bits per heavy atom. The molecule has 1 N–H and O–H groups in total. The number of piperidine rings is 1. The molecule has 1 aromatic heterocycles. The Morgan fingerprint density at radius 3 is 2.39 bits per heavy atom. The van der Waals surface area contributed by atoms with Crippen molar-refractivity contribution in [2.45, 2.75) is 19.3 Å². The van der Waals surface area contributed by atoms with Gasteiger partial charge in [0.25, 0.3) is 11.6 Å². The third-order valence-electron chi connectivity index (χ3n) is 5.17. The van der Waals surface area contributed by atoms with Crippen LogP contribution < -0.4 is 10.2 Å². The number of benzene rings is 2. The van der Waals surface area contributed by atoms with Gasteiger partial charge >= 0.3 is 0 Å². The molecule has 9 heteroatoms. The Balaban J connectivity index is 1.47. The van der Waals surface area contributed by atoms with Crippen molar-refractivity contribution in [3.05, 3.63) is 75.3 Å². The third-order valence-corrected chi connectivity index (χ3v) is 5.40. The number of nitro benzene ring substituents is 1. The minimum Gasteiger partial charge on any atom is -0.355 e. The van der Waals surface area contributed by atoms with E-state index in [0.29, 0.717) is 5.69 Å². The van der Waals surface area contributed by atoms with Crippen molar-refractivity contribution in [2.24, 2.45) is 0 Å². The highest BCUT2D eigenvalue weighted by Gasteiger charge is 2.20. The number of nitrogens with zero attached hydrogens (tertiary/aromatic N) is 4. The molecular weight excluding hydrogens is 418 g/mol. The van der Waals surface area contributed by atoms with Crippen molar-refractivity contribution >= 4 is 34.7 Å². The number of carbonyl (C=O) groups is 1. The minimum absolute atomic E-state index is 0.0965. The van der Waals surface area contributed by atoms with E-state index in [2.05, 4.69) is 20.4 Å². The lowest BCUT2D eigenvalue weighted by Gasteiger charge is -2.27. The van der Waals surface area contributed by atoms with E-state index in [1.54, 1.807) is 12.1 Å². The quantitative estimate of drug-likeness (QED) is 0.447. The predicted molar refractivity (Wildman–Crippen MR) is 120 cm³/mol. The van der Waals surface area contributed by atoms with Crippen molar-refractivity contribution in [3.8, 4) is 11.3 Å². The van der Waals surface area contributed by atoms with E-state index >= 15 is 0 Å². The number of rotatable bonds is 5. The maximum atomic E-state index is 12.5. The summed E-state index contributed by atoms with van der Waals surface area (Å²) in [6, 6.07) is 14.8. The van der Waals surface area contributed by atoms with Crippen LogP contribution in [0, 0.1) is 10.1 Å². The van der Waals surface area contributed by atoms with E-state index < -0.39 is 10.8 Å². The normalized spacial score (nSPS) is 13.6. The molecule has 1 fully saturated rings. The van der Waals surface area contributed by atoms with E-state index in [9.17, 15) is 14.9 Å². The van der Waals surface area contributed by atoms with Gasteiger partial charge in [0, 0.05) is 35.4 Å². The summed E-state index contributed by atoms with van der Waals surface area (Å²) in [5.74, 6) is 0.281. The molecule has 0 atom stereocenters. The fourth-order valence-corrected chi connectivity index (χ4v) is 3.72. The molecule has 4 rings (SSSR count). The first-order valence-corrected chi connectivity index (χ1v) is 10.3. The lowest BCUT2D eigenvalue weighted by Crippen LogP contribution is -2.30. The number of carbonyl (C=O) groups excluding carboxylic acids is 1. The Labute approximate surface area is 184 Å². The summed E-state index contributed by atoms with van der Waals surface area (Å²) in [7, 11) is 0. The smallest absolute Gasteiger partial charge is 0.282 e. The maximum Gasteiger partial charge on any atom is 0.282 e. The minimum atomic E-state index is -0.611. The summed E-state index contributed by atoms with van der Waals surface area (Å²) in [5, 5.41) is 22.8. The molecule has 158 valence electrons. The lowest BCUT2D eigenvalue weighted by molar-refractivity contribution is -0.385. The van der Waals surface area contributed by atoms with Crippen LogP contribution in [0.2, 0.25) is 5.02 Å². The van der Waals surface area contributed by atoms with Crippen LogP contribution in [0.1, 0.15) is 29.6 Å². The van der Waals surface area contributed by atoms with Gasteiger partial charge in [0.15, 0.2) is 5.82 Å². The van der Waals surface area contributed by atoms with Gasteiger partial charge in [-0.2, -0.15) is 0 Å². The number of hydrogen-bond donors (Lipinski definition) is 1. The topological polar surface area (TPSA) is 101 Å². The average molecular weight is 438 g/mol. The van der Waals surface area contributed by atoms with Crippen LogP contribution in [0.5, 0.6) is 0 Å². The number of nitro groups is 1. The van der Waals surface area contributed by atoms with E-state index in [-0.39, 0.29) is 16.3 Å². The van der Waals surface area contributed by atoms with E-state index in [4.69, 9.17) is 11.6 Å². The van der Waals surface area contributed by atoms with Gasteiger partial charge in [0.2, 0.25) is 0 Å². The second kappa shape index (κ2) is 9.09. The fraction of sp³-hybridized carbons (Fsp3) is 0.227. The monoisotopic (exact) mass is 437 g/mol. The Hall–Kier alpha value is -3.52. The third kappa shape index (κ3) is 4.80. The second-order valence-corrected chi connectivity index (χ2v) is 7.71. The SMILES string of the molecule is O=C(Nc1ccc(-c2ccc(N3CCCCC3)nn2)cc1)c1cc(Cl)ccc1[N+](=O)[O-]. The van der Waals surface area contributed by atoms with Gasteiger partial charge in [0.1, 0.15) is 5.56 Å². The van der Waals surface area contributed by atoms with Gasteiger partial charge in [-0.1, -0.05) is 23.7 Å². The molecule has 31 heavy (non-hydrogen) atoms. The summed E-state index contributed by atoms with van der Waals surface area (Å²) in [5.41, 5.74) is 1.68. The first-order valence-electron chi connectivity index (χ1n) is 9.96. The predicted octanol–water partition coefficient (Wildman–Crippen LogP) is 4.95. The van der Waals surface area contributed by atoms with Crippen LogP contribution in [0.4, 0.5) is 17.2 Å². The van der Waals surface area contributed by atoms with E-state index in [1.165, 1.54) is 37.5 Å². The molecule has 2 aromatic carbocycles. The molecule has 1 aliphatic heterocycles. The van der Waals surface area contributed by atoms with Crippen LogP contribution in [-0.4, -0.2) is 34.1 Å². The fourth-order valence-electron chi connectivity index (χ4n) is 3.54. The molecule has 0 bridgehead atoms. The Morgan fingerprint density at radius 2 is 1.74 bits per heavy atom. The lowest BCUT2D eigenvalue weighted by atomic mass is 10.1. The zero-order valence-corrected chi connectivity index (χ0v) is 17.4. The van der Waals surface area contributed by atoms with Crippen LogP contribution in [-0.2, 0) is 0 Å².